The van der Waals surface area contributed by atoms with Crippen molar-refractivity contribution in [1.29, 1.82) is 0 Å². The fraction of sp³-hybridized carbons (Fsp3) is 0.353. The van der Waals surface area contributed by atoms with Gasteiger partial charge in [0.15, 0.2) is 5.78 Å². The summed E-state index contributed by atoms with van der Waals surface area (Å²) in [4.78, 5) is 11.8. The van der Waals surface area contributed by atoms with Crippen molar-refractivity contribution >= 4 is 5.78 Å². The average Bonchev–Trinajstić information content (AvgIpc) is 2.97. The second-order valence-corrected chi connectivity index (χ2v) is 4.84. The minimum Gasteiger partial charge on any atom is -0.497 e. The number of hydrogen-bond acceptors (Lipinski definition) is 3. The smallest absolute Gasteiger partial charge is 0.164 e. The Bertz CT molecular complexity index is 572. The van der Waals surface area contributed by atoms with Crippen molar-refractivity contribution in [2.24, 2.45) is 0 Å². The fourth-order valence-electron chi connectivity index (χ4n) is 2.06. The molecule has 0 aliphatic carbocycles. The quantitative estimate of drug-likeness (QED) is 0.697. The van der Waals surface area contributed by atoms with Crippen molar-refractivity contribution in [1.82, 2.24) is 4.57 Å². The molecule has 0 aliphatic heterocycles. The number of ketones is 1. The van der Waals surface area contributed by atoms with E-state index in [1.54, 1.807) is 7.11 Å². The molecule has 2 rings (SSSR count). The van der Waals surface area contributed by atoms with Crippen molar-refractivity contribution in [3.05, 3.63) is 48.3 Å². The summed E-state index contributed by atoms with van der Waals surface area (Å²) in [6.07, 6.45) is 5.28. The van der Waals surface area contributed by atoms with Gasteiger partial charge in [-0.05, 0) is 36.8 Å². The summed E-state index contributed by atoms with van der Waals surface area (Å²) >= 11 is 0. The molecule has 112 valence electrons. The number of hydrogen-bond donors (Lipinski definition) is 0. The third-order valence-electron chi connectivity index (χ3n) is 3.23. The van der Waals surface area contributed by atoms with Crippen LogP contribution in [0.5, 0.6) is 11.5 Å². The molecule has 0 aliphatic rings. The molecule has 1 aromatic carbocycles. The lowest BCUT2D eigenvalue weighted by atomic mass is 10.1. The molecule has 1 heterocycles. The van der Waals surface area contributed by atoms with Crippen molar-refractivity contribution in [3.8, 4) is 11.5 Å². The Morgan fingerprint density at radius 3 is 2.52 bits per heavy atom. The van der Waals surface area contributed by atoms with Crippen LogP contribution >= 0.6 is 0 Å². The Balaban J connectivity index is 1.81. The molecule has 0 amide bonds. The molecule has 2 aromatic rings. The van der Waals surface area contributed by atoms with E-state index in [-0.39, 0.29) is 5.78 Å². The van der Waals surface area contributed by atoms with Gasteiger partial charge < -0.3 is 14.0 Å². The zero-order chi connectivity index (χ0) is 15.1. The van der Waals surface area contributed by atoms with Gasteiger partial charge in [0.2, 0.25) is 0 Å². The number of ether oxygens (including phenoxy) is 2. The zero-order valence-electron chi connectivity index (χ0n) is 12.5. The molecule has 0 spiro atoms. The van der Waals surface area contributed by atoms with Crippen molar-refractivity contribution in [2.75, 3.05) is 13.7 Å². The number of Topliss-reactive ketones (excluding diaryl/α,β-unsaturated/α-hetero) is 1. The normalized spacial score (nSPS) is 10.4. The molecule has 0 atom stereocenters. The standard InChI is InChI=1S/C17H21NO3/c1-3-4-17(19)14-9-10-18(13-14)11-12-21-16-7-5-15(20-2)6-8-16/h5-10,13H,3-4,11-12H2,1-2H3. The molecule has 0 radical (unpaired) electrons. The van der Waals surface area contributed by atoms with Crippen LogP contribution in [0.1, 0.15) is 30.1 Å². The first-order chi connectivity index (χ1) is 10.2. The highest BCUT2D eigenvalue weighted by molar-refractivity contribution is 5.95. The fourth-order valence-corrected chi connectivity index (χ4v) is 2.06. The first-order valence-corrected chi connectivity index (χ1v) is 7.18. The number of rotatable bonds is 8. The Kier molecular flexibility index (Phi) is 5.43. The number of carbonyl (C=O) groups is 1. The van der Waals surface area contributed by atoms with Gasteiger partial charge in [0.1, 0.15) is 18.1 Å². The number of nitrogens with zero attached hydrogens (tertiary/aromatic N) is 1. The lowest BCUT2D eigenvalue weighted by Gasteiger charge is -2.07. The number of aromatic nitrogens is 1. The molecule has 0 unspecified atom stereocenters. The maximum absolute atomic E-state index is 11.8. The van der Waals surface area contributed by atoms with Gasteiger partial charge >= 0.3 is 0 Å². The molecule has 0 saturated carbocycles. The summed E-state index contributed by atoms with van der Waals surface area (Å²) in [5.41, 5.74) is 0.779. The van der Waals surface area contributed by atoms with Crippen molar-refractivity contribution in [3.63, 3.8) is 0 Å². The van der Waals surface area contributed by atoms with Gasteiger partial charge in [0, 0.05) is 24.4 Å². The van der Waals surface area contributed by atoms with Crippen LogP contribution in [-0.2, 0) is 6.54 Å². The average molecular weight is 287 g/mol. The van der Waals surface area contributed by atoms with E-state index in [1.165, 1.54) is 0 Å². The molecule has 4 heteroatoms. The van der Waals surface area contributed by atoms with E-state index in [9.17, 15) is 4.79 Å². The van der Waals surface area contributed by atoms with Crippen LogP contribution in [0.25, 0.3) is 0 Å². The van der Waals surface area contributed by atoms with Gasteiger partial charge in [0.05, 0.1) is 13.7 Å². The summed E-state index contributed by atoms with van der Waals surface area (Å²) < 4.78 is 12.7. The van der Waals surface area contributed by atoms with E-state index in [0.29, 0.717) is 19.6 Å². The minimum atomic E-state index is 0.201. The molecule has 0 N–H and O–H groups in total. The van der Waals surface area contributed by atoms with Gasteiger partial charge in [-0.2, -0.15) is 0 Å². The van der Waals surface area contributed by atoms with Crippen LogP contribution in [0.4, 0.5) is 0 Å². The summed E-state index contributed by atoms with van der Waals surface area (Å²) in [6.45, 7) is 3.28. The third kappa shape index (κ3) is 4.38. The zero-order valence-corrected chi connectivity index (χ0v) is 12.5. The van der Waals surface area contributed by atoms with Crippen LogP contribution < -0.4 is 9.47 Å². The van der Waals surface area contributed by atoms with Gasteiger partial charge in [-0.1, -0.05) is 6.92 Å². The van der Waals surface area contributed by atoms with E-state index in [0.717, 1.165) is 23.5 Å². The van der Waals surface area contributed by atoms with E-state index in [2.05, 4.69) is 0 Å². The highest BCUT2D eigenvalue weighted by Gasteiger charge is 2.06. The molecule has 0 saturated heterocycles. The van der Waals surface area contributed by atoms with E-state index in [4.69, 9.17) is 9.47 Å². The predicted molar refractivity (Wildman–Crippen MR) is 82.2 cm³/mol. The van der Waals surface area contributed by atoms with Gasteiger partial charge in [-0.3, -0.25) is 4.79 Å². The molecule has 0 fully saturated rings. The predicted octanol–water partition coefficient (Wildman–Crippen LogP) is 3.56. The largest absolute Gasteiger partial charge is 0.497 e. The Morgan fingerprint density at radius 2 is 1.86 bits per heavy atom. The van der Waals surface area contributed by atoms with Crippen molar-refractivity contribution < 1.29 is 14.3 Å². The maximum Gasteiger partial charge on any atom is 0.164 e. The lowest BCUT2D eigenvalue weighted by Crippen LogP contribution is -2.06. The number of benzene rings is 1. The summed E-state index contributed by atoms with van der Waals surface area (Å²) in [5.74, 6) is 1.82. The molecular weight excluding hydrogens is 266 g/mol. The Morgan fingerprint density at radius 1 is 1.14 bits per heavy atom. The number of carbonyl (C=O) groups excluding carboxylic acids is 1. The van der Waals surface area contributed by atoms with Crippen LogP contribution in [0, 0.1) is 0 Å². The third-order valence-corrected chi connectivity index (χ3v) is 3.23. The van der Waals surface area contributed by atoms with E-state index >= 15 is 0 Å². The van der Waals surface area contributed by atoms with E-state index < -0.39 is 0 Å². The maximum atomic E-state index is 11.8. The Hall–Kier alpha value is -2.23. The molecule has 0 bridgehead atoms. The van der Waals surface area contributed by atoms with Gasteiger partial charge in [0.25, 0.3) is 0 Å². The van der Waals surface area contributed by atoms with Gasteiger partial charge in [-0.15, -0.1) is 0 Å². The van der Waals surface area contributed by atoms with E-state index in [1.807, 2.05) is 54.2 Å². The Labute approximate surface area is 125 Å². The molecular formula is C17H21NO3. The van der Waals surface area contributed by atoms with Crippen LogP contribution in [0.15, 0.2) is 42.7 Å². The van der Waals surface area contributed by atoms with Crippen LogP contribution in [0.3, 0.4) is 0 Å². The molecule has 4 nitrogen and oxygen atoms in total. The van der Waals surface area contributed by atoms with Crippen LogP contribution in [-0.4, -0.2) is 24.1 Å². The second-order valence-electron chi connectivity index (χ2n) is 4.84. The molecule has 21 heavy (non-hydrogen) atoms. The van der Waals surface area contributed by atoms with Crippen molar-refractivity contribution in [2.45, 2.75) is 26.3 Å². The summed E-state index contributed by atoms with van der Waals surface area (Å²) in [7, 11) is 1.64. The van der Waals surface area contributed by atoms with Gasteiger partial charge in [-0.25, -0.2) is 0 Å². The van der Waals surface area contributed by atoms with Crippen LogP contribution in [0.2, 0.25) is 0 Å². The lowest BCUT2D eigenvalue weighted by molar-refractivity contribution is 0.0981. The summed E-state index contributed by atoms with van der Waals surface area (Å²) in [5, 5.41) is 0. The monoisotopic (exact) mass is 287 g/mol. The highest BCUT2D eigenvalue weighted by Crippen LogP contribution is 2.17. The molecule has 1 aromatic heterocycles. The summed E-state index contributed by atoms with van der Waals surface area (Å²) in [6, 6.07) is 9.36. The first kappa shape index (κ1) is 15.2. The number of methoxy groups -OCH3 is 1. The SMILES string of the molecule is CCCC(=O)c1ccn(CCOc2ccc(OC)cc2)c1. The minimum absolute atomic E-state index is 0.201. The second kappa shape index (κ2) is 7.53. The topological polar surface area (TPSA) is 40.5 Å². The first-order valence-electron chi connectivity index (χ1n) is 7.18. The highest BCUT2D eigenvalue weighted by atomic mass is 16.5.